The summed E-state index contributed by atoms with van der Waals surface area (Å²) in [5, 5.41) is 0. The normalized spacial score (nSPS) is 10.3. The lowest BCUT2D eigenvalue weighted by Crippen LogP contribution is -2.16. The third-order valence-corrected chi connectivity index (χ3v) is 2.14. The molecule has 0 atom stereocenters. The van der Waals surface area contributed by atoms with Crippen molar-refractivity contribution in [3.63, 3.8) is 0 Å². The maximum atomic E-state index is 11.3. The fourth-order valence-corrected chi connectivity index (χ4v) is 1.52. The second-order valence-corrected chi connectivity index (χ2v) is 3.82. The molecule has 88 valence electrons. The van der Waals surface area contributed by atoms with Gasteiger partial charge in [-0.25, -0.2) is 0 Å². The molecule has 0 fully saturated rings. The average molecular weight is 223 g/mol. The average Bonchev–Trinajstić information content (AvgIpc) is 2.18. The molecular formula is C12H17NO3. The van der Waals surface area contributed by atoms with Crippen molar-refractivity contribution in [3.8, 4) is 11.5 Å². The Balaban J connectivity index is 3.31. The van der Waals surface area contributed by atoms with Crippen LogP contribution in [-0.4, -0.2) is 19.1 Å². The van der Waals surface area contributed by atoms with Gasteiger partial charge in [0.25, 0.3) is 5.91 Å². The van der Waals surface area contributed by atoms with E-state index < -0.39 is 5.91 Å². The number of methoxy groups -OCH3 is 1. The number of benzene rings is 1. The van der Waals surface area contributed by atoms with Crippen LogP contribution in [0.25, 0.3) is 0 Å². The van der Waals surface area contributed by atoms with Crippen molar-refractivity contribution in [2.75, 3.05) is 7.11 Å². The molecule has 4 heteroatoms. The summed E-state index contributed by atoms with van der Waals surface area (Å²) >= 11 is 0. The van der Waals surface area contributed by atoms with Crippen LogP contribution in [-0.2, 0) is 0 Å². The van der Waals surface area contributed by atoms with Gasteiger partial charge < -0.3 is 15.2 Å². The van der Waals surface area contributed by atoms with Gasteiger partial charge in [0.05, 0.1) is 18.8 Å². The van der Waals surface area contributed by atoms with Gasteiger partial charge in [0, 0.05) is 0 Å². The van der Waals surface area contributed by atoms with Gasteiger partial charge in [-0.1, -0.05) is 6.07 Å². The van der Waals surface area contributed by atoms with E-state index in [9.17, 15) is 4.79 Å². The van der Waals surface area contributed by atoms with Crippen LogP contribution in [0.3, 0.4) is 0 Å². The van der Waals surface area contributed by atoms with Gasteiger partial charge in [-0.3, -0.25) is 4.79 Å². The zero-order valence-electron chi connectivity index (χ0n) is 10.0. The number of ether oxygens (including phenoxy) is 2. The number of hydrogen-bond acceptors (Lipinski definition) is 3. The van der Waals surface area contributed by atoms with Crippen LogP contribution in [0.1, 0.15) is 29.8 Å². The highest BCUT2D eigenvalue weighted by Gasteiger charge is 2.17. The van der Waals surface area contributed by atoms with Gasteiger partial charge >= 0.3 is 0 Å². The maximum Gasteiger partial charge on any atom is 0.252 e. The van der Waals surface area contributed by atoms with Crippen molar-refractivity contribution >= 4 is 5.91 Å². The molecule has 0 aliphatic heterocycles. The summed E-state index contributed by atoms with van der Waals surface area (Å²) in [5.41, 5.74) is 6.47. The molecule has 1 aromatic rings. The molecule has 4 nitrogen and oxygen atoms in total. The molecule has 0 bridgehead atoms. The molecule has 16 heavy (non-hydrogen) atoms. The highest BCUT2D eigenvalue weighted by molar-refractivity contribution is 5.98. The monoisotopic (exact) mass is 223 g/mol. The molecule has 1 rings (SSSR count). The van der Waals surface area contributed by atoms with Gasteiger partial charge in [0.2, 0.25) is 0 Å². The Hall–Kier alpha value is -1.71. The minimum Gasteiger partial charge on any atom is -0.492 e. The Labute approximate surface area is 95.3 Å². The van der Waals surface area contributed by atoms with E-state index in [1.54, 1.807) is 12.1 Å². The summed E-state index contributed by atoms with van der Waals surface area (Å²) in [6, 6.07) is 3.57. The molecule has 0 spiro atoms. The summed E-state index contributed by atoms with van der Waals surface area (Å²) in [4.78, 5) is 11.3. The van der Waals surface area contributed by atoms with Gasteiger partial charge in [-0.05, 0) is 32.4 Å². The summed E-state index contributed by atoms with van der Waals surface area (Å²) in [5.74, 6) is 0.432. The Bertz CT molecular complexity index is 399. The molecular weight excluding hydrogens is 206 g/mol. The van der Waals surface area contributed by atoms with Crippen LogP contribution in [0.5, 0.6) is 11.5 Å². The van der Waals surface area contributed by atoms with Crippen molar-refractivity contribution in [1.29, 1.82) is 0 Å². The van der Waals surface area contributed by atoms with Crippen molar-refractivity contribution in [2.45, 2.75) is 26.9 Å². The van der Waals surface area contributed by atoms with Crippen molar-refractivity contribution in [3.05, 3.63) is 23.3 Å². The van der Waals surface area contributed by atoms with Crippen molar-refractivity contribution in [2.24, 2.45) is 5.73 Å². The smallest absolute Gasteiger partial charge is 0.252 e. The van der Waals surface area contributed by atoms with Gasteiger partial charge in [-0.15, -0.1) is 0 Å². The standard InChI is InChI=1S/C12H17NO3/c1-7(2)16-9-6-5-8(3)10(12(13)14)11(9)15-4/h5-7H,1-4H3,(H2,13,14). The largest absolute Gasteiger partial charge is 0.492 e. The first-order valence-electron chi connectivity index (χ1n) is 5.11. The molecule has 0 aromatic heterocycles. The molecule has 1 amide bonds. The molecule has 0 saturated carbocycles. The second kappa shape index (κ2) is 4.88. The van der Waals surface area contributed by atoms with E-state index in [4.69, 9.17) is 15.2 Å². The molecule has 0 heterocycles. The lowest BCUT2D eigenvalue weighted by molar-refractivity contribution is 0.0995. The number of rotatable bonds is 4. The Morgan fingerprint density at radius 3 is 2.44 bits per heavy atom. The van der Waals surface area contributed by atoms with Crippen LogP contribution in [0, 0.1) is 6.92 Å². The third-order valence-electron chi connectivity index (χ3n) is 2.14. The van der Waals surface area contributed by atoms with Crippen LogP contribution in [0.4, 0.5) is 0 Å². The van der Waals surface area contributed by atoms with E-state index in [1.807, 2.05) is 20.8 Å². The first kappa shape index (κ1) is 12.4. The van der Waals surface area contributed by atoms with E-state index >= 15 is 0 Å². The third kappa shape index (κ3) is 2.45. The first-order valence-corrected chi connectivity index (χ1v) is 5.11. The Kier molecular flexibility index (Phi) is 3.77. The minimum atomic E-state index is -0.511. The molecule has 0 aliphatic carbocycles. The Morgan fingerprint density at radius 2 is 2.00 bits per heavy atom. The molecule has 0 saturated heterocycles. The quantitative estimate of drug-likeness (QED) is 0.847. The zero-order valence-corrected chi connectivity index (χ0v) is 10.0. The summed E-state index contributed by atoms with van der Waals surface area (Å²) in [6.07, 6.45) is 0.0114. The SMILES string of the molecule is COc1c(OC(C)C)ccc(C)c1C(N)=O. The van der Waals surface area contributed by atoms with Crippen LogP contribution >= 0.6 is 0 Å². The molecule has 2 N–H and O–H groups in total. The van der Waals surface area contributed by atoms with Crippen LogP contribution in [0.2, 0.25) is 0 Å². The molecule has 0 unspecified atom stereocenters. The van der Waals surface area contributed by atoms with Crippen LogP contribution < -0.4 is 15.2 Å². The predicted octanol–water partition coefficient (Wildman–Crippen LogP) is 1.89. The highest BCUT2D eigenvalue weighted by atomic mass is 16.5. The van der Waals surface area contributed by atoms with Crippen molar-refractivity contribution < 1.29 is 14.3 Å². The highest BCUT2D eigenvalue weighted by Crippen LogP contribution is 2.33. The van der Waals surface area contributed by atoms with Crippen LogP contribution in [0.15, 0.2) is 12.1 Å². The fraction of sp³-hybridized carbons (Fsp3) is 0.417. The molecule has 0 radical (unpaired) electrons. The van der Waals surface area contributed by atoms with Gasteiger partial charge in [0.15, 0.2) is 11.5 Å². The van der Waals surface area contributed by atoms with Gasteiger partial charge in [0.1, 0.15) is 0 Å². The number of nitrogens with two attached hydrogens (primary N) is 1. The van der Waals surface area contributed by atoms with E-state index in [1.165, 1.54) is 7.11 Å². The van der Waals surface area contributed by atoms with E-state index in [-0.39, 0.29) is 6.10 Å². The summed E-state index contributed by atoms with van der Waals surface area (Å²) in [6.45, 7) is 5.62. The maximum absolute atomic E-state index is 11.3. The number of carbonyl (C=O) groups is 1. The van der Waals surface area contributed by atoms with E-state index in [0.717, 1.165) is 5.56 Å². The number of hydrogen-bond donors (Lipinski definition) is 1. The fourth-order valence-electron chi connectivity index (χ4n) is 1.52. The minimum absolute atomic E-state index is 0.0114. The number of amides is 1. The number of carbonyl (C=O) groups excluding carboxylic acids is 1. The molecule has 0 aliphatic rings. The predicted molar refractivity (Wildman–Crippen MR) is 62.0 cm³/mol. The summed E-state index contributed by atoms with van der Waals surface area (Å²) in [7, 11) is 1.49. The first-order chi connectivity index (χ1) is 7.47. The Morgan fingerprint density at radius 1 is 1.38 bits per heavy atom. The zero-order chi connectivity index (χ0) is 12.3. The summed E-state index contributed by atoms with van der Waals surface area (Å²) < 4.78 is 10.7. The second-order valence-electron chi connectivity index (χ2n) is 3.82. The lowest BCUT2D eigenvalue weighted by atomic mass is 10.1. The molecule has 1 aromatic carbocycles. The van der Waals surface area contributed by atoms with E-state index in [0.29, 0.717) is 17.1 Å². The number of aryl methyl sites for hydroxylation is 1. The topological polar surface area (TPSA) is 61.6 Å². The number of primary amides is 1. The van der Waals surface area contributed by atoms with Crippen molar-refractivity contribution in [1.82, 2.24) is 0 Å². The lowest BCUT2D eigenvalue weighted by Gasteiger charge is -2.16. The van der Waals surface area contributed by atoms with Gasteiger partial charge in [-0.2, -0.15) is 0 Å². The van der Waals surface area contributed by atoms with E-state index in [2.05, 4.69) is 0 Å².